The van der Waals surface area contributed by atoms with Crippen LogP contribution in [0.25, 0.3) is 0 Å². The lowest BCUT2D eigenvalue weighted by molar-refractivity contribution is -0.134. The van der Waals surface area contributed by atoms with Gasteiger partial charge in [-0.15, -0.1) is 11.3 Å². The van der Waals surface area contributed by atoms with Crippen LogP contribution in [0.4, 0.5) is 0 Å². The van der Waals surface area contributed by atoms with Gasteiger partial charge in [-0.3, -0.25) is 14.5 Å². The number of amides is 1. The van der Waals surface area contributed by atoms with Gasteiger partial charge in [0, 0.05) is 32.6 Å². The van der Waals surface area contributed by atoms with Crippen molar-refractivity contribution in [3.05, 3.63) is 22.4 Å². The molecule has 126 valence electrons. The molecular weight excluding hydrogens is 308 g/mol. The Labute approximate surface area is 142 Å². The van der Waals surface area contributed by atoms with Crippen molar-refractivity contribution >= 4 is 23.0 Å². The molecule has 2 aliphatic rings. The highest BCUT2D eigenvalue weighted by Crippen LogP contribution is 2.27. The first-order chi connectivity index (χ1) is 11.2. The van der Waals surface area contributed by atoms with Gasteiger partial charge in [0.25, 0.3) is 0 Å². The predicted molar refractivity (Wildman–Crippen MR) is 92.9 cm³/mol. The van der Waals surface area contributed by atoms with Crippen molar-refractivity contribution in [1.29, 1.82) is 0 Å². The van der Waals surface area contributed by atoms with E-state index in [-0.39, 0.29) is 5.78 Å². The Bertz CT molecular complexity index is 515. The zero-order chi connectivity index (χ0) is 16.1. The summed E-state index contributed by atoms with van der Waals surface area (Å²) in [5.41, 5.74) is 0. The van der Waals surface area contributed by atoms with Gasteiger partial charge in [0.05, 0.1) is 11.4 Å². The number of rotatable bonds is 5. The molecule has 1 aliphatic carbocycles. The van der Waals surface area contributed by atoms with Crippen LogP contribution in [0, 0.1) is 5.92 Å². The molecule has 0 unspecified atom stereocenters. The minimum Gasteiger partial charge on any atom is -0.340 e. The average molecular weight is 334 g/mol. The third-order valence-corrected chi connectivity index (χ3v) is 5.99. The second kappa shape index (κ2) is 8.06. The molecule has 1 amide bonds. The summed E-state index contributed by atoms with van der Waals surface area (Å²) in [5, 5.41) is 1.94. The molecule has 1 aromatic rings. The predicted octanol–water partition coefficient (Wildman–Crippen LogP) is 3.05. The largest absolute Gasteiger partial charge is 0.340 e. The van der Waals surface area contributed by atoms with Gasteiger partial charge in [-0.05, 0) is 30.2 Å². The molecule has 3 rings (SSSR count). The summed E-state index contributed by atoms with van der Waals surface area (Å²) in [6.07, 6.45) is 7.09. The Morgan fingerprint density at radius 2 is 1.83 bits per heavy atom. The molecule has 1 saturated heterocycles. The molecule has 4 nitrogen and oxygen atoms in total. The quantitative estimate of drug-likeness (QED) is 0.777. The van der Waals surface area contributed by atoms with E-state index < -0.39 is 0 Å². The minimum absolute atomic E-state index is 0.196. The Hall–Kier alpha value is -1.20. The van der Waals surface area contributed by atoms with Gasteiger partial charge < -0.3 is 4.90 Å². The van der Waals surface area contributed by atoms with Crippen molar-refractivity contribution in [3.63, 3.8) is 0 Å². The summed E-state index contributed by atoms with van der Waals surface area (Å²) < 4.78 is 0. The highest BCUT2D eigenvalue weighted by molar-refractivity contribution is 7.12. The van der Waals surface area contributed by atoms with E-state index in [1.165, 1.54) is 43.4 Å². The molecule has 1 aliphatic heterocycles. The van der Waals surface area contributed by atoms with Crippen LogP contribution in [0.15, 0.2) is 17.5 Å². The monoisotopic (exact) mass is 334 g/mol. The van der Waals surface area contributed by atoms with E-state index in [4.69, 9.17) is 0 Å². The van der Waals surface area contributed by atoms with E-state index in [1.54, 1.807) is 0 Å². The number of nitrogens with zero attached hydrogens (tertiary/aromatic N) is 2. The number of carbonyl (C=O) groups is 2. The van der Waals surface area contributed by atoms with Gasteiger partial charge in [-0.2, -0.15) is 0 Å². The summed E-state index contributed by atoms with van der Waals surface area (Å²) in [4.78, 5) is 29.6. The molecule has 0 radical (unpaired) electrons. The summed E-state index contributed by atoms with van der Waals surface area (Å²) in [6.45, 7) is 3.64. The molecule has 2 fully saturated rings. The van der Waals surface area contributed by atoms with Crippen molar-refractivity contribution in [1.82, 2.24) is 9.80 Å². The Morgan fingerprint density at radius 1 is 1.09 bits per heavy atom. The first-order valence-electron chi connectivity index (χ1n) is 8.79. The molecule has 1 aromatic heterocycles. The maximum atomic E-state index is 12.4. The first kappa shape index (κ1) is 16.7. The zero-order valence-electron chi connectivity index (χ0n) is 13.7. The molecule has 0 spiro atoms. The molecule has 2 heterocycles. The molecule has 0 N–H and O–H groups in total. The topological polar surface area (TPSA) is 40.6 Å². The maximum Gasteiger partial charge on any atom is 0.222 e. The van der Waals surface area contributed by atoms with E-state index in [1.807, 2.05) is 22.4 Å². The number of piperazine rings is 1. The van der Waals surface area contributed by atoms with Crippen LogP contribution >= 0.6 is 11.3 Å². The molecule has 23 heavy (non-hydrogen) atoms. The number of ketones is 1. The van der Waals surface area contributed by atoms with Crippen LogP contribution in [-0.2, 0) is 4.79 Å². The van der Waals surface area contributed by atoms with Crippen molar-refractivity contribution in [2.75, 3.05) is 32.7 Å². The number of thiophene rings is 1. The number of Topliss-reactive ketones (excluding diaryl/α,β-unsaturated/α-hetero) is 1. The molecule has 5 heteroatoms. The second-order valence-corrected chi connectivity index (χ2v) is 7.71. The first-order valence-corrected chi connectivity index (χ1v) is 9.67. The zero-order valence-corrected chi connectivity index (χ0v) is 14.5. The van der Waals surface area contributed by atoms with Crippen molar-refractivity contribution in [2.45, 2.75) is 38.5 Å². The van der Waals surface area contributed by atoms with Crippen LogP contribution in [0.3, 0.4) is 0 Å². The van der Waals surface area contributed by atoms with Crippen molar-refractivity contribution in [3.8, 4) is 0 Å². The molecule has 0 aromatic carbocycles. The number of hydrogen-bond acceptors (Lipinski definition) is 4. The third kappa shape index (κ3) is 4.64. The van der Waals surface area contributed by atoms with E-state index >= 15 is 0 Å². The van der Waals surface area contributed by atoms with E-state index in [2.05, 4.69) is 4.90 Å². The van der Waals surface area contributed by atoms with Crippen LogP contribution in [-0.4, -0.2) is 54.2 Å². The lowest BCUT2D eigenvalue weighted by Crippen LogP contribution is -2.50. The molecule has 1 saturated carbocycles. The van der Waals surface area contributed by atoms with Crippen LogP contribution in [0.1, 0.15) is 48.2 Å². The molecule has 0 atom stereocenters. The van der Waals surface area contributed by atoms with Crippen LogP contribution in [0.5, 0.6) is 0 Å². The standard InChI is InChI=1S/C18H26N2O2S/c21-16(17-7-4-12-23-17)14-19-8-10-20(11-9-19)18(22)13-15-5-2-1-3-6-15/h4,7,12,15H,1-3,5-6,8-11,13-14H2. The fourth-order valence-corrected chi connectivity index (χ4v) is 4.30. The Kier molecular flexibility index (Phi) is 5.84. The smallest absolute Gasteiger partial charge is 0.222 e. The van der Waals surface area contributed by atoms with Crippen molar-refractivity contribution < 1.29 is 9.59 Å². The van der Waals surface area contributed by atoms with Gasteiger partial charge in [-0.1, -0.05) is 25.3 Å². The number of carbonyl (C=O) groups excluding carboxylic acids is 2. The summed E-state index contributed by atoms with van der Waals surface area (Å²) in [5.74, 6) is 1.12. The van der Waals surface area contributed by atoms with Gasteiger partial charge in [0.15, 0.2) is 5.78 Å². The van der Waals surface area contributed by atoms with Gasteiger partial charge in [-0.25, -0.2) is 0 Å². The molecule has 0 bridgehead atoms. The maximum absolute atomic E-state index is 12.4. The van der Waals surface area contributed by atoms with E-state index in [9.17, 15) is 9.59 Å². The summed E-state index contributed by atoms with van der Waals surface area (Å²) in [7, 11) is 0. The van der Waals surface area contributed by atoms with E-state index in [0.29, 0.717) is 18.4 Å². The van der Waals surface area contributed by atoms with Gasteiger partial charge >= 0.3 is 0 Å². The minimum atomic E-state index is 0.196. The Balaban J connectivity index is 1.41. The van der Waals surface area contributed by atoms with Gasteiger partial charge in [0.2, 0.25) is 5.91 Å². The van der Waals surface area contributed by atoms with Crippen molar-refractivity contribution in [2.24, 2.45) is 5.92 Å². The molecular formula is C18H26N2O2S. The highest BCUT2D eigenvalue weighted by Gasteiger charge is 2.25. The van der Waals surface area contributed by atoms with E-state index in [0.717, 1.165) is 37.5 Å². The fourth-order valence-electron chi connectivity index (χ4n) is 3.64. The van der Waals surface area contributed by atoms with Crippen LogP contribution in [0.2, 0.25) is 0 Å². The fraction of sp³-hybridized carbons (Fsp3) is 0.667. The lowest BCUT2D eigenvalue weighted by Gasteiger charge is -2.35. The summed E-state index contributed by atoms with van der Waals surface area (Å²) >= 11 is 1.50. The lowest BCUT2D eigenvalue weighted by atomic mass is 9.86. The van der Waals surface area contributed by atoms with Crippen LogP contribution < -0.4 is 0 Å². The Morgan fingerprint density at radius 3 is 2.48 bits per heavy atom. The second-order valence-electron chi connectivity index (χ2n) is 6.77. The summed E-state index contributed by atoms with van der Waals surface area (Å²) in [6, 6.07) is 3.80. The average Bonchev–Trinajstić information content (AvgIpc) is 3.11. The normalized spacial score (nSPS) is 20.6. The third-order valence-electron chi connectivity index (χ3n) is 5.08. The number of hydrogen-bond donors (Lipinski definition) is 0. The highest BCUT2D eigenvalue weighted by atomic mass is 32.1. The van der Waals surface area contributed by atoms with Gasteiger partial charge in [0.1, 0.15) is 0 Å². The SMILES string of the molecule is O=C(CN1CCN(C(=O)CC2CCCCC2)CC1)c1cccs1.